The average Bonchev–Trinajstić information content (AvgIpc) is 2.78. The lowest BCUT2D eigenvalue weighted by Gasteiger charge is -2.16. The van der Waals surface area contributed by atoms with Gasteiger partial charge in [0.1, 0.15) is 0 Å². The van der Waals surface area contributed by atoms with E-state index in [1.54, 1.807) is 6.92 Å². The van der Waals surface area contributed by atoms with Crippen molar-refractivity contribution >= 4 is 16.6 Å². The van der Waals surface area contributed by atoms with Gasteiger partial charge in [-0.1, -0.05) is 74.5 Å². The van der Waals surface area contributed by atoms with Gasteiger partial charge in [-0.3, -0.25) is 4.79 Å². The van der Waals surface area contributed by atoms with E-state index >= 15 is 0 Å². The summed E-state index contributed by atoms with van der Waals surface area (Å²) in [6.07, 6.45) is -0.0251. The van der Waals surface area contributed by atoms with Crippen LogP contribution in [0.3, 0.4) is 0 Å². The van der Waals surface area contributed by atoms with Crippen LogP contribution in [0.5, 0.6) is 0 Å². The summed E-state index contributed by atoms with van der Waals surface area (Å²) < 4.78 is 0. The zero-order chi connectivity index (χ0) is 23.7. The molecule has 2 nitrogen and oxygen atoms in total. The first kappa shape index (κ1) is 22.9. The minimum absolute atomic E-state index is 0.0610. The van der Waals surface area contributed by atoms with Gasteiger partial charge in [-0.05, 0) is 88.5 Å². The van der Waals surface area contributed by atoms with Crippen molar-refractivity contribution < 1.29 is 9.90 Å². The summed E-state index contributed by atoms with van der Waals surface area (Å²) in [5.74, 6) is 0.583. The van der Waals surface area contributed by atoms with E-state index in [1.807, 2.05) is 36.4 Å². The number of fused-ring (bicyclic) bond motifs is 1. The normalized spacial score (nSPS) is 12.3. The average molecular weight is 437 g/mol. The van der Waals surface area contributed by atoms with Crippen LogP contribution in [0, 0.1) is 13.8 Å². The Hall–Kier alpha value is -3.23. The SMILES string of the molecule is CC(=O)c1ccc2cc(C(O)Cc3ccc(-c4ccc(C(C)C)cc4C)c(C)c3)ccc2c1. The first-order valence-corrected chi connectivity index (χ1v) is 11.7. The Labute approximate surface area is 196 Å². The summed E-state index contributed by atoms with van der Waals surface area (Å²) in [6, 6.07) is 24.9. The Morgan fingerprint density at radius 2 is 1.36 bits per heavy atom. The molecule has 0 radical (unpaired) electrons. The van der Waals surface area contributed by atoms with Crippen molar-refractivity contribution in [2.75, 3.05) is 0 Å². The molecule has 0 spiro atoms. The number of hydrogen-bond acceptors (Lipinski definition) is 2. The molecule has 4 aromatic rings. The molecule has 0 fully saturated rings. The molecular formula is C31H32O2. The van der Waals surface area contributed by atoms with Gasteiger partial charge in [0.2, 0.25) is 0 Å². The molecule has 2 heteroatoms. The third-order valence-corrected chi connectivity index (χ3v) is 6.58. The number of rotatable bonds is 6. The lowest BCUT2D eigenvalue weighted by Crippen LogP contribution is -2.02. The molecule has 0 aliphatic carbocycles. The van der Waals surface area contributed by atoms with Gasteiger partial charge in [-0.2, -0.15) is 0 Å². The van der Waals surface area contributed by atoms with Gasteiger partial charge in [0.15, 0.2) is 5.78 Å². The molecule has 168 valence electrons. The molecule has 0 saturated heterocycles. The van der Waals surface area contributed by atoms with Crippen molar-refractivity contribution in [1.82, 2.24) is 0 Å². The van der Waals surface area contributed by atoms with Crippen LogP contribution in [0.15, 0.2) is 72.8 Å². The summed E-state index contributed by atoms with van der Waals surface area (Å²) in [4.78, 5) is 11.6. The van der Waals surface area contributed by atoms with Gasteiger partial charge in [0, 0.05) is 12.0 Å². The van der Waals surface area contributed by atoms with Crippen LogP contribution in [-0.2, 0) is 6.42 Å². The molecule has 1 N–H and O–H groups in total. The van der Waals surface area contributed by atoms with Crippen LogP contribution in [0.2, 0.25) is 0 Å². The number of Topliss-reactive ketones (excluding diaryl/α,β-unsaturated/α-hetero) is 1. The predicted octanol–water partition coefficient (Wildman–Crippen LogP) is 7.73. The maximum Gasteiger partial charge on any atom is 0.159 e. The molecule has 0 saturated carbocycles. The Morgan fingerprint density at radius 3 is 2.00 bits per heavy atom. The number of aliphatic hydroxyl groups is 1. The number of ketones is 1. The summed E-state index contributed by atoms with van der Waals surface area (Å²) in [7, 11) is 0. The highest BCUT2D eigenvalue weighted by Crippen LogP contribution is 2.31. The summed E-state index contributed by atoms with van der Waals surface area (Å²) in [5.41, 5.74) is 9.10. The molecule has 0 heterocycles. The Kier molecular flexibility index (Phi) is 6.49. The quantitative estimate of drug-likeness (QED) is 0.314. The third-order valence-electron chi connectivity index (χ3n) is 6.58. The van der Waals surface area contributed by atoms with Crippen LogP contribution in [0.25, 0.3) is 21.9 Å². The van der Waals surface area contributed by atoms with Gasteiger partial charge >= 0.3 is 0 Å². The number of carbonyl (C=O) groups is 1. The molecule has 0 amide bonds. The van der Waals surface area contributed by atoms with Gasteiger partial charge in [0.25, 0.3) is 0 Å². The second-order valence-corrected chi connectivity index (χ2v) is 9.48. The molecule has 1 atom stereocenters. The number of aryl methyl sites for hydroxylation is 2. The van der Waals surface area contributed by atoms with Crippen LogP contribution in [0.4, 0.5) is 0 Å². The van der Waals surface area contributed by atoms with Gasteiger partial charge in [0.05, 0.1) is 6.10 Å². The standard InChI is InChI=1S/C31H32O2/c1-19(2)24-11-13-30(21(4)15-24)29-12-6-23(14-20(29)3)16-31(33)28-10-9-26-17-25(22(5)32)7-8-27(26)18-28/h6-15,17-19,31,33H,16H2,1-5H3. The van der Waals surface area contributed by atoms with E-state index in [-0.39, 0.29) is 5.78 Å². The number of carbonyl (C=O) groups excluding carboxylic acids is 1. The topological polar surface area (TPSA) is 37.3 Å². The van der Waals surface area contributed by atoms with Crippen molar-refractivity contribution in [2.45, 2.75) is 53.1 Å². The molecule has 4 rings (SSSR count). The first-order valence-electron chi connectivity index (χ1n) is 11.7. The minimum Gasteiger partial charge on any atom is -0.388 e. The van der Waals surface area contributed by atoms with E-state index in [0.29, 0.717) is 17.9 Å². The van der Waals surface area contributed by atoms with E-state index in [1.165, 1.54) is 27.8 Å². The van der Waals surface area contributed by atoms with Crippen molar-refractivity contribution in [1.29, 1.82) is 0 Å². The number of benzene rings is 4. The first-order chi connectivity index (χ1) is 15.7. The molecule has 0 aliphatic rings. The van der Waals surface area contributed by atoms with Gasteiger partial charge < -0.3 is 5.11 Å². The van der Waals surface area contributed by atoms with E-state index in [4.69, 9.17) is 0 Å². The van der Waals surface area contributed by atoms with Crippen LogP contribution >= 0.6 is 0 Å². The van der Waals surface area contributed by atoms with E-state index in [0.717, 1.165) is 21.9 Å². The fraction of sp³-hybridized carbons (Fsp3) is 0.258. The zero-order valence-corrected chi connectivity index (χ0v) is 20.1. The highest BCUT2D eigenvalue weighted by atomic mass is 16.3. The molecule has 33 heavy (non-hydrogen) atoms. The summed E-state index contributed by atoms with van der Waals surface area (Å²) in [6.45, 7) is 10.3. The fourth-order valence-electron chi connectivity index (χ4n) is 4.53. The highest BCUT2D eigenvalue weighted by Gasteiger charge is 2.13. The molecule has 0 aliphatic heterocycles. The lowest BCUT2D eigenvalue weighted by molar-refractivity contribution is 0.101. The van der Waals surface area contributed by atoms with Gasteiger partial charge in [-0.25, -0.2) is 0 Å². The molecule has 4 aromatic carbocycles. The predicted molar refractivity (Wildman–Crippen MR) is 138 cm³/mol. The molecule has 0 aromatic heterocycles. The van der Waals surface area contributed by atoms with Crippen LogP contribution in [-0.4, -0.2) is 10.9 Å². The summed E-state index contributed by atoms with van der Waals surface area (Å²) >= 11 is 0. The van der Waals surface area contributed by atoms with E-state index in [2.05, 4.69) is 64.1 Å². The third kappa shape index (κ3) is 4.91. The van der Waals surface area contributed by atoms with Crippen molar-refractivity contribution in [3.05, 3.63) is 106 Å². The molecule has 0 bridgehead atoms. The van der Waals surface area contributed by atoms with Gasteiger partial charge in [-0.15, -0.1) is 0 Å². The monoisotopic (exact) mass is 436 g/mol. The minimum atomic E-state index is -0.584. The van der Waals surface area contributed by atoms with Crippen molar-refractivity contribution in [2.24, 2.45) is 0 Å². The Balaban J connectivity index is 1.55. The lowest BCUT2D eigenvalue weighted by atomic mass is 9.90. The maximum absolute atomic E-state index is 11.6. The Bertz CT molecular complexity index is 1330. The second-order valence-electron chi connectivity index (χ2n) is 9.48. The van der Waals surface area contributed by atoms with Crippen molar-refractivity contribution in [3.63, 3.8) is 0 Å². The molecule has 1 unspecified atom stereocenters. The van der Waals surface area contributed by atoms with Crippen LogP contribution < -0.4 is 0 Å². The van der Waals surface area contributed by atoms with Crippen LogP contribution in [0.1, 0.15) is 71.0 Å². The Morgan fingerprint density at radius 1 is 0.758 bits per heavy atom. The van der Waals surface area contributed by atoms with Crippen molar-refractivity contribution in [3.8, 4) is 11.1 Å². The second kappa shape index (κ2) is 9.33. The fourth-order valence-corrected chi connectivity index (χ4v) is 4.53. The summed E-state index contributed by atoms with van der Waals surface area (Å²) in [5, 5.41) is 13.0. The van der Waals surface area contributed by atoms with E-state index in [9.17, 15) is 9.90 Å². The van der Waals surface area contributed by atoms with E-state index < -0.39 is 6.10 Å². The number of hydrogen-bond donors (Lipinski definition) is 1. The number of aliphatic hydroxyl groups excluding tert-OH is 1. The highest BCUT2D eigenvalue weighted by molar-refractivity contribution is 5.98. The zero-order valence-electron chi connectivity index (χ0n) is 20.1. The largest absolute Gasteiger partial charge is 0.388 e. The smallest absolute Gasteiger partial charge is 0.159 e. The molecular weight excluding hydrogens is 404 g/mol. The maximum atomic E-state index is 11.6.